The monoisotopic (exact) mass is 266 g/mol. The summed E-state index contributed by atoms with van der Waals surface area (Å²) in [6, 6.07) is -0.00328. The van der Waals surface area contributed by atoms with Gasteiger partial charge < -0.3 is 15.7 Å². The summed E-state index contributed by atoms with van der Waals surface area (Å²) in [5, 5.41) is 9.10. The number of carboxylic acids is 1. The molecular formula is C14H22N2O3. The molecule has 5 heteroatoms. The summed E-state index contributed by atoms with van der Waals surface area (Å²) in [5.74, 6) is -0.157. The highest BCUT2D eigenvalue weighted by Crippen LogP contribution is 2.48. The van der Waals surface area contributed by atoms with Gasteiger partial charge >= 0.3 is 5.97 Å². The van der Waals surface area contributed by atoms with E-state index in [1.165, 1.54) is 0 Å². The van der Waals surface area contributed by atoms with Crippen molar-refractivity contribution in [3.05, 3.63) is 0 Å². The fourth-order valence-corrected chi connectivity index (χ4v) is 4.29. The van der Waals surface area contributed by atoms with Crippen LogP contribution in [0.1, 0.15) is 32.1 Å². The molecule has 3 N–H and O–H groups in total. The van der Waals surface area contributed by atoms with Gasteiger partial charge in [0.2, 0.25) is 5.91 Å². The summed E-state index contributed by atoms with van der Waals surface area (Å²) in [5.41, 5.74) is 6.20. The van der Waals surface area contributed by atoms with E-state index in [0.717, 1.165) is 25.7 Å². The molecule has 1 amide bonds. The van der Waals surface area contributed by atoms with Gasteiger partial charge in [-0.2, -0.15) is 0 Å². The van der Waals surface area contributed by atoms with Crippen molar-refractivity contribution in [1.29, 1.82) is 0 Å². The fourth-order valence-electron chi connectivity index (χ4n) is 4.29. The summed E-state index contributed by atoms with van der Waals surface area (Å²) >= 11 is 0. The normalized spacial score (nSPS) is 41.5. The Labute approximate surface area is 113 Å². The molecule has 3 fully saturated rings. The number of carbonyl (C=O) groups is 2. The number of aliphatic carboxylic acids is 1. The van der Waals surface area contributed by atoms with E-state index in [1.807, 2.05) is 0 Å². The lowest BCUT2D eigenvalue weighted by Gasteiger charge is -2.36. The van der Waals surface area contributed by atoms with Crippen molar-refractivity contribution in [3.8, 4) is 0 Å². The zero-order valence-corrected chi connectivity index (χ0v) is 11.1. The molecule has 3 aliphatic rings. The molecule has 2 aliphatic carbocycles. The first-order valence-corrected chi connectivity index (χ1v) is 7.35. The minimum atomic E-state index is -0.783. The molecule has 0 spiro atoms. The first-order chi connectivity index (χ1) is 9.08. The number of carboxylic acid groups (broad SMARTS) is 1. The molecule has 19 heavy (non-hydrogen) atoms. The Morgan fingerprint density at radius 3 is 2.53 bits per heavy atom. The molecule has 3 rings (SSSR count). The summed E-state index contributed by atoms with van der Waals surface area (Å²) in [6.45, 7) is 1.07. The van der Waals surface area contributed by atoms with Gasteiger partial charge in [-0.05, 0) is 43.9 Å². The first-order valence-electron chi connectivity index (χ1n) is 7.35. The quantitative estimate of drug-likeness (QED) is 0.770. The maximum Gasteiger partial charge on any atom is 0.308 e. The van der Waals surface area contributed by atoms with Crippen LogP contribution in [-0.4, -0.2) is 41.0 Å². The summed E-state index contributed by atoms with van der Waals surface area (Å²) in [6.07, 6.45) is 4.84. The van der Waals surface area contributed by atoms with Crippen LogP contribution >= 0.6 is 0 Å². The van der Waals surface area contributed by atoms with Gasteiger partial charge in [-0.15, -0.1) is 0 Å². The average molecular weight is 266 g/mol. The number of nitrogens with two attached hydrogens (primary N) is 1. The van der Waals surface area contributed by atoms with Gasteiger partial charge in [0.1, 0.15) is 0 Å². The van der Waals surface area contributed by atoms with Gasteiger partial charge in [-0.3, -0.25) is 9.59 Å². The number of piperidine rings is 1. The second-order valence-electron chi connectivity index (χ2n) is 6.40. The highest BCUT2D eigenvalue weighted by molar-refractivity contribution is 5.81. The molecule has 1 saturated heterocycles. The average Bonchev–Trinajstić information content (AvgIpc) is 2.99. The van der Waals surface area contributed by atoms with E-state index in [-0.39, 0.29) is 17.9 Å². The number of likely N-dealkylation sites (tertiary alicyclic amines) is 1. The Balaban J connectivity index is 1.68. The van der Waals surface area contributed by atoms with Crippen molar-refractivity contribution in [2.75, 3.05) is 13.1 Å². The second-order valence-corrected chi connectivity index (χ2v) is 6.40. The molecule has 2 bridgehead atoms. The number of nitrogens with zero attached hydrogens (tertiary/aromatic N) is 1. The maximum atomic E-state index is 12.6. The standard InChI is InChI=1S/C14H22N2O3/c15-12-9-4-3-8(6-9)11(12)13(17)16-5-1-2-10(7-16)14(18)19/h8-12H,1-7,15H2,(H,18,19)/t8?,9?,10-,11?,12?/m1/s1. The van der Waals surface area contributed by atoms with E-state index in [4.69, 9.17) is 10.8 Å². The van der Waals surface area contributed by atoms with E-state index in [2.05, 4.69) is 0 Å². The number of amides is 1. The van der Waals surface area contributed by atoms with Crippen LogP contribution in [0.2, 0.25) is 0 Å². The van der Waals surface area contributed by atoms with Crippen molar-refractivity contribution >= 4 is 11.9 Å². The van der Waals surface area contributed by atoms with Crippen LogP contribution < -0.4 is 5.73 Å². The van der Waals surface area contributed by atoms with Crippen LogP contribution in [0.15, 0.2) is 0 Å². The van der Waals surface area contributed by atoms with Crippen molar-refractivity contribution in [2.24, 2.45) is 29.4 Å². The van der Waals surface area contributed by atoms with Crippen LogP contribution in [-0.2, 0) is 9.59 Å². The lowest BCUT2D eigenvalue weighted by molar-refractivity contribution is -0.147. The van der Waals surface area contributed by atoms with Crippen LogP contribution in [0.25, 0.3) is 0 Å². The van der Waals surface area contributed by atoms with Crippen molar-refractivity contribution < 1.29 is 14.7 Å². The minimum Gasteiger partial charge on any atom is -0.481 e. The molecule has 2 saturated carbocycles. The lowest BCUT2D eigenvalue weighted by atomic mass is 9.83. The van der Waals surface area contributed by atoms with Crippen molar-refractivity contribution in [2.45, 2.75) is 38.1 Å². The molecule has 0 aromatic heterocycles. The molecule has 1 heterocycles. The number of fused-ring (bicyclic) bond motifs is 2. The molecule has 106 valence electrons. The molecule has 5 atom stereocenters. The SMILES string of the molecule is NC1C2CCC(C2)C1C(=O)N1CCC[C@@H](C(=O)O)C1. The van der Waals surface area contributed by atoms with Crippen molar-refractivity contribution in [3.63, 3.8) is 0 Å². The Bertz CT molecular complexity index is 396. The summed E-state index contributed by atoms with van der Waals surface area (Å²) < 4.78 is 0. The largest absolute Gasteiger partial charge is 0.481 e. The van der Waals surface area contributed by atoms with E-state index < -0.39 is 11.9 Å². The molecule has 4 unspecified atom stereocenters. The number of carbonyl (C=O) groups excluding carboxylic acids is 1. The zero-order chi connectivity index (χ0) is 13.6. The van der Waals surface area contributed by atoms with Crippen LogP contribution in [0, 0.1) is 23.7 Å². The first kappa shape index (κ1) is 12.9. The maximum absolute atomic E-state index is 12.6. The van der Waals surface area contributed by atoms with E-state index in [0.29, 0.717) is 31.3 Å². The third-order valence-electron chi connectivity index (χ3n) is 5.35. The highest BCUT2D eigenvalue weighted by atomic mass is 16.4. The summed E-state index contributed by atoms with van der Waals surface area (Å²) in [7, 11) is 0. The smallest absolute Gasteiger partial charge is 0.308 e. The topological polar surface area (TPSA) is 83.6 Å². The Morgan fingerprint density at radius 2 is 1.89 bits per heavy atom. The van der Waals surface area contributed by atoms with Gasteiger partial charge in [0, 0.05) is 19.1 Å². The second kappa shape index (κ2) is 4.78. The van der Waals surface area contributed by atoms with E-state index in [9.17, 15) is 9.59 Å². The molecule has 5 nitrogen and oxygen atoms in total. The fraction of sp³-hybridized carbons (Fsp3) is 0.857. The molecule has 0 aromatic carbocycles. The third kappa shape index (κ3) is 2.14. The van der Waals surface area contributed by atoms with Gasteiger partial charge in [-0.1, -0.05) is 0 Å². The Morgan fingerprint density at radius 1 is 1.16 bits per heavy atom. The predicted molar refractivity (Wildman–Crippen MR) is 69.2 cm³/mol. The summed E-state index contributed by atoms with van der Waals surface area (Å²) in [4.78, 5) is 25.5. The minimum absolute atomic E-state index is 0.00328. The third-order valence-corrected chi connectivity index (χ3v) is 5.35. The van der Waals surface area contributed by atoms with Gasteiger partial charge in [0.05, 0.1) is 11.8 Å². The number of hydrogen-bond donors (Lipinski definition) is 2. The highest BCUT2D eigenvalue weighted by Gasteiger charge is 2.50. The van der Waals surface area contributed by atoms with Crippen LogP contribution in [0.5, 0.6) is 0 Å². The molecule has 0 aromatic rings. The van der Waals surface area contributed by atoms with Gasteiger partial charge in [0.15, 0.2) is 0 Å². The van der Waals surface area contributed by atoms with Gasteiger partial charge in [-0.25, -0.2) is 0 Å². The van der Waals surface area contributed by atoms with E-state index >= 15 is 0 Å². The van der Waals surface area contributed by atoms with E-state index in [1.54, 1.807) is 4.90 Å². The molecular weight excluding hydrogens is 244 g/mol. The molecule has 1 aliphatic heterocycles. The Hall–Kier alpha value is -1.10. The van der Waals surface area contributed by atoms with Crippen molar-refractivity contribution in [1.82, 2.24) is 4.90 Å². The van der Waals surface area contributed by atoms with Gasteiger partial charge in [0.25, 0.3) is 0 Å². The Kier molecular flexibility index (Phi) is 3.25. The number of rotatable bonds is 2. The van der Waals surface area contributed by atoms with Crippen LogP contribution in [0.3, 0.4) is 0 Å². The number of hydrogen-bond acceptors (Lipinski definition) is 3. The van der Waals surface area contributed by atoms with Crippen LogP contribution in [0.4, 0.5) is 0 Å². The zero-order valence-electron chi connectivity index (χ0n) is 11.1. The lowest BCUT2D eigenvalue weighted by Crippen LogP contribution is -2.50. The molecule has 0 radical (unpaired) electrons. The predicted octanol–water partition coefficient (Wildman–Crippen LogP) is 0.683.